The van der Waals surface area contributed by atoms with Crippen molar-refractivity contribution in [2.75, 3.05) is 5.32 Å². The maximum absolute atomic E-state index is 12.6. The largest absolute Gasteiger partial charge is 0.480 e. The molecule has 0 aliphatic heterocycles. The Balaban J connectivity index is 1.70. The summed E-state index contributed by atoms with van der Waals surface area (Å²) in [6, 6.07) is 15.2. The zero-order valence-electron chi connectivity index (χ0n) is 17.4. The van der Waals surface area contributed by atoms with Gasteiger partial charge in [0.1, 0.15) is 6.04 Å². The van der Waals surface area contributed by atoms with Gasteiger partial charge in [0.2, 0.25) is 0 Å². The number of hydrogen-bond donors (Lipinski definition) is 3. The Morgan fingerprint density at radius 1 is 0.818 bits per heavy atom. The number of carboxylic acid groups (broad SMARTS) is 1. The average molecular weight is 506 g/mol. The quantitative estimate of drug-likeness (QED) is 0.388. The summed E-state index contributed by atoms with van der Waals surface area (Å²) in [6.07, 6.45) is 0.0368. The molecular formula is C24H19Cl3N2O4. The standard InChI is InChI=1S/C24H19Cl3N2O4/c1-13-4-2-5-16(25)20(13)22(30)29-19(24(32)33)12-14-8-10-15(11-9-14)28-23(31)21-17(26)6-3-7-18(21)27/h2-11,19H,12H2,1H3,(H,28,31)(H,29,30)(H,32,33)/t19-/m0/s1. The highest BCUT2D eigenvalue weighted by Crippen LogP contribution is 2.25. The Hall–Kier alpha value is -3.06. The number of benzene rings is 3. The molecule has 170 valence electrons. The molecule has 0 bridgehead atoms. The number of nitrogens with one attached hydrogen (secondary N) is 2. The van der Waals surface area contributed by atoms with Gasteiger partial charge in [-0.2, -0.15) is 0 Å². The third-order valence-corrected chi connectivity index (χ3v) is 5.84. The topological polar surface area (TPSA) is 95.5 Å². The summed E-state index contributed by atoms with van der Waals surface area (Å²) in [5.41, 5.74) is 2.16. The molecule has 0 spiro atoms. The van der Waals surface area contributed by atoms with Crippen LogP contribution in [0.2, 0.25) is 15.1 Å². The maximum atomic E-state index is 12.6. The summed E-state index contributed by atoms with van der Waals surface area (Å²) < 4.78 is 0. The zero-order valence-corrected chi connectivity index (χ0v) is 19.6. The number of halogens is 3. The van der Waals surface area contributed by atoms with Crippen molar-refractivity contribution in [1.82, 2.24) is 5.32 Å². The van der Waals surface area contributed by atoms with Crippen LogP contribution in [0.15, 0.2) is 60.7 Å². The Bertz CT molecular complexity index is 1170. The van der Waals surface area contributed by atoms with E-state index in [1.54, 1.807) is 67.6 Å². The normalized spacial score (nSPS) is 11.5. The van der Waals surface area contributed by atoms with Crippen LogP contribution < -0.4 is 10.6 Å². The van der Waals surface area contributed by atoms with Gasteiger partial charge >= 0.3 is 5.97 Å². The molecule has 3 aromatic rings. The predicted molar refractivity (Wildman–Crippen MR) is 130 cm³/mol. The van der Waals surface area contributed by atoms with Gasteiger partial charge in [-0.1, -0.05) is 65.1 Å². The third kappa shape index (κ3) is 6.05. The van der Waals surface area contributed by atoms with Crippen molar-refractivity contribution in [3.8, 4) is 0 Å². The van der Waals surface area contributed by atoms with Crippen molar-refractivity contribution in [2.45, 2.75) is 19.4 Å². The summed E-state index contributed by atoms with van der Waals surface area (Å²) in [7, 11) is 0. The second kappa shape index (κ2) is 10.7. The van der Waals surface area contributed by atoms with Crippen molar-refractivity contribution in [3.63, 3.8) is 0 Å². The van der Waals surface area contributed by atoms with Gasteiger partial charge in [0.15, 0.2) is 0 Å². The second-order valence-electron chi connectivity index (χ2n) is 7.25. The Labute approximate surface area is 205 Å². The lowest BCUT2D eigenvalue weighted by atomic mass is 10.0. The lowest BCUT2D eigenvalue weighted by Crippen LogP contribution is -2.42. The van der Waals surface area contributed by atoms with Gasteiger partial charge in [-0.15, -0.1) is 0 Å². The molecule has 1 atom stereocenters. The Morgan fingerprint density at radius 3 is 1.91 bits per heavy atom. The average Bonchev–Trinajstić information content (AvgIpc) is 2.74. The molecule has 0 saturated heterocycles. The molecule has 3 rings (SSSR count). The molecule has 0 fully saturated rings. The molecule has 0 heterocycles. The summed E-state index contributed by atoms with van der Waals surface area (Å²) in [5, 5.41) is 15.5. The summed E-state index contributed by atoms with van der Waals surface area (Å²) in [5.74, 6) is -2.21. The first-order chi connectivity index (χ1) is 15.7. The summed E-state index contributed by atoms with van der Waals surface area (Å²) in [4.78, 5) is 36.9. The van der Waals surface area contributed by atoms with Crippen LogP contribution in [-0.2, 0) is 11.2 Å². The van der Waals surface area contributed by atoms with Crippen LogP contribution in [0.5, 0.6) is 0 Å². The molecule has 0 aliphatic rings. The molecule has 9 heteroatoms. The zero-order chi connectivity index (χ0) is 24.1. The van der Waals surface area contributed by atoms with E-state index in [4.69, 9.17) is 34.8 Å². The number of aliphatic carboxylic acids is 1. The van der Waals surface area contributed by atoms with Crippen LogP contribution in [0.3, 0.4) is 0 Å². The first-order valence-corrected chi connectivity index (χ1v) is 10.9. The molecule has 3 N–H and O–H groups in total. The molecule has 0 radical (unpaired) electrons. The Morgan fingerprint density at radius 2 is 1.36 bits per heavy atom. The van der Waals surface area contributed by atoms with Crippen molar-refractivity contribution < 1.29 is 19.5 Å². The van der Waals surface area contributed by atoms with Crippen LogP contribution in [0.25, 0.3) is 0 Å². The summed E-state index contributed by atoms with van der Waals surface area (Å²) in [6.45, 7) is 1.72. The van der Waals surface area contributed by atoms with Crippen LogP contribution in [0, 0.1) is 6.92 Å². The van der Waals surface area contributed by atoms with Gasteiger partial charge in [0, 0.05) is 12.1 Å². The first kappa shape index (κ1) is 24.6. The fourth-order valence-corrected chi connectivity index (χ4v) is 4.09. The van der Waals surface area contributed by atoms with Crippen molar-refractivity contribution in [1.29, 1.82) is 0 Å². The highest BCUT2D eigenvalue weighted by molar-refractivity contribution is 6.40. The minimum atomic E-state index is -1.18. The predicted octanol–water partition coefficient (Wildman–Crippen LogP) is 5.63. The van der Waals surface area contributed by atoms with E-state index in [2.05, 4.69) is 10.6 Å². The number of carbonyl (C=O) groups excluding carboxylic acids is 2. The molecule has 3 aromatic carbocycles. The number of carboxylic acids is 1. The van der Waals surface area contributed by atoms with E-state index < -0.39 is 23.8 Å². The van der Waals surface area contributed by atoms with Crippen LogP contribution >= 0.6 is 34.8 Å². The monoisotopic (exact) mass is 504 g/mol. The molecule has 0 unspecified atom stereocenters. The fourth-order valence-electron chi connectivity index (χ4n) is 3.22. The van der Waals surface area contributed by atoms with Gasteiger partial charge in [0.05, 0.1) is 26.2 Å². The second-order valence-corrected chi connectivity index (χ2v) is 8.47. The van der Waals surface area contributed by atoms with E-state index in [1.807, 2.05) is 0 Å². The molecule has 0 saturated carbocycles. The van der Waals surface area contributed by atoms with E-state index in [1.165, 1.54) is 0 Å². The third-order valence-electron chi connectivity index (χ3n) is 4.89. The number of hydrogen-bond acceptors (Lipinski definition) is 3. The van der Waals surface area contributed by atoms with Crippen molar-refractivity contribution >= 4 is 58.3 Å². The SMILES string of the molecule is Cc1cccc(Cl)c1C(=O)N[C@@H](Cc1ccc(NC(=O)c2c(Cl)cccc2Cl)cc1)C(=O)O. The van der Waals surface area contributed by atoms with Crippen LogP contribution in [-0.4, -0.2) is 28.9 Å². The first-order valence-electron chi connectivity index (χ1n) is 9.80. The van der Waals surface area contributed by atoms with Crippen LogP contribution in [0.4, 0.5) is 5.69 Å². The lowest BCUT2D eigenvalue weighted by Gasteiger charge is -2.16. The van der Waals surface area contributed by atoms with Gasteiger partial charge in [-0.05, 0) is 48.4 Å². The fraction of sp³-hybridized carbons (Fsp3) is 0.125. The van der Waals surface area contributed by atoms with E-state index in [9.17, 15) is 19.5 Å². The van der Waals surface area contributed by atoms with E-state index in [0.29, 0.717) is 16.8 Å². The van der Waals surface area contributed by atoms with E-state index in [-0.39, 0.29) is 32.6 Å². The van der Waals surface area contributed by atoms with Crippen LogP contribution in [0.1, 0.15) is 31.8 Å². The molecule has 0 aliphatic carbocycles. The van der Waals surface area contributed by atoms with Gasteiger partial charge in [-0.3, -0.25) is 9.59 Å². The van der Waals surface area contributed by atoms with Gasteiger partial charge in [0.25, 0.3) is 11.8 Å². The van der Waals surface area contributed by atoms with Crippen molar-refractivity contribution in [2.24, 2.45) is 0 Å². The number of carbonyl (C=O) groups is 3. The van der Waals surface area contributed by atoms with E-state index >= 15 is 0 Å². The number of amides is 2. The lowest BCUT2D eigenvalue weighted by molar-refractivity contribution is -0.139. The molecule has 2 amide bonds. The van der Waals surface area contributed by atoms with Gasteiger partial charge in [-0.25, -0.2) is 4.79 Å². The minimum absolute atomic E-state index is 0.0368. The number of anilines is 1. The molecule has 6 nitrogen and oxygen atoms in total. The molecule has 0 aromatic heterocycles. The minimum Gasteiger partial charge on any atom is -0.480 e. The highest BCUT2D eigenvalue weighted by atomic mass is 35.5. The highest BCUT2D eigenvalue weighted by Gasteiger charge is 2.23. The molecule has 33 heavy (non-hydrogen) atoms. The van der Waals surface area contributed by atoms with Gasteiger partial charge < -0.3 is 15.7 Å². The maximum Gasteiger partial charge on any atom is 0.326 e. The Kier molecular flexibility index (Phi) is 7.97. The van der Waals surface area contributed by atoms with E-state index in [0.717, 1.165) is 0 Å². The molecular weight excluding hydrogens is 487 g/mol. The number of aryl methyl sites for hydroxylation is 1. The summed E-state index contributed by atoms with van der Waals surface area (Å²) >= 11 is 18.2. The van der Waals surface area contributed by atoms with Crippen molar-refractivity contribution in [3.05, 3.63) is 98.0 Å². The smallest absolute Gasteiger partial charge is 0.326 e. The number of rotatable bonds is 7.